The third kappa shape index (κ3) is 9.24. The van der Waals surface area contributed by atoms with Gasteiger partial charge in [0.05, 0.1) is 10.1 Å². The molecule has 0 saturated heterocycles. The summed E-state index contributed by atoms with van der Waals surface area (Å²) >= 11 is 0. The first-order valence-electron chi connectivity index (χ1n) is 2.00. The average molecular weight is 138 g/mol. The molecule has 0 aromatic carbocycles. The Morgan fingerprint density at radius 1 is 1.50 bits per heavy atom. The predicted molar refractivity (Wildman–Crippen MR) is 31.3 cm³/mol. The van der Waals surface area contributed by atoms with Gasteiger partial charge in [0.25, 0.3) is 0 Å². The smallest absolute Gasteiger partial charge is 0.0945 e. The lowest BCUT2D eigenvalue weighted by atomic mass is 10.6. The first-order valence-corrected chi connectivity index (χ1v) is 3.57. The van der Waals surface area contributed by atoms with E-state index in [9.17, 15) is 13.0 Å². The normalized spacial score (nSPS) is 10.2. The maximum atomic E-state index is 9.68. The van der Waals surface area contributed by atoms with E-state index in [0.29, 0.717) is 6.42 Å². The highest BCUT2D eigenvalue weighted by atomic mass is 32.2. The molecule has 0 saturated carbocycles. The van der Waals surface area contributed by atoms with Crippen LogP contribution in [0.1, 0.15) is 13.3 Å². The molecular weight excluding hydrogens is 128 g/mol. The van der Waals surface area contributed by atoms with E-state index in [1.165, 1.54) is 0 Å². The van der Waals surface area contributed by atoms with Crippen molar-refractivity contribution < 1.29 is 13.0 Å². The van der Waals surface area contributed by atoms with E-state index < -0.39 is 10.1 Å². The van der Waals surface area contributed by atoms with Crippen molar-refractivity contribution >= 4 is 10.1 Å². The van der Waals surface area contributed by atoms with Crippen LogP contribution in [0.15, 0.2) is 0 Å². The molecule has 0 aromatic heterocycles. The minimum atomic E-state index is -3.92. The van der Waals surface area contributed by atoms with Crippen molar-refractivity contribution in [3.63, 3.8) is 0 Å². The molecule has 8 heavy (non-hydrogen) atoms. The summed E-state index contributed by atoms with van der Waals surface area (Å²) in [6, 6.07) is 0. The maximum absolute atomic E-state index is 9.68. The molecule has 0 aromatic rings. The molecular formula is C4H10O3S. The van der Waals surface area contributed by atoms with Crippen molar-refractivity contribution in [2.45, 2.75) is 13.3 Å². The third-order valence-corrected chi connectivity index (χ3v) is 1.36. The van der Waals surface area contributed by atoms with Gasteiger partial charge in [-0.15, -0.1) is 0 Å². The molecule has 0 aliphatic heterocycles. The van der Waals surface area contributed by atoms with Crippen LogP contribution in [0, 0.1) is 7.43 Å². The Labute approximate surface area is 50.5 Å². The fourth-order valence-corrected chi connectivity index (χ4v) is 0.750. The molecule has 0 heterocycles. The summed E-state index contributed by atoms with van der Waals surface area (Å²) < 4.78 is 29.0. The molecule has 0 atom stereocenters. The number of hydrogen-bond acceptors (Lipinski definition) is 3. The van der Waals surface area contributed by atoms with Crippen molar-refractivity contribution in [2.75, 3.05) is 5.75 Å². The van der Waals surface area contributed by atoms with E-state index in [0.717, 1.165) is 0 Å². The van der Waals surface area contributed by atoms with Crippen LogP contribution in [0.25, 0.3) is 0 Å². The van der Waals surface area contributed by atoms with E-state index in [4.69, 9.17) is 0 Å². The molecule has 0 unspecified atom stereocenters. The molecule has 4 heteroatoms. The van der Waals surface area contributed by atoms with Gasteiger partial charge in [-0.25, -0.2) is 8.42 Å². The molecule has 0 amide bonds. The second kappa shape index (κ2) is 3.74. The summed E-state index contributed by atoms with van der Waals surface area (Å²) in [6.07, 6.45) is 0.409. The number of hydrogen-bond donors (Lipinski definition) is 0. The Morgan fingerprint density at radius 2 is 1.88 bits per heavy atom. The van der Waals surface area contributed by atoms with Crippen LogP contribution < -0.4 is 0 Å². The van der Waals surface area contributed by atoms with E-state index in [1.54, 1.807) is 6.92 Å². The zero-order valence-electron chi connectivity index (χ0n) is 5.05. The molecule has 0 fully saturated rings. The SMILES string of the molecule is CCCS(=O)(=O)[O-].[CH3+]. The van der Waals surface area contributed by atoms with Crippen molar-refractivity contribution in [1.29, 1.82) is 0 Å². The Balaban J connectivity index is 0. The van der Waals surface area contributed by atoms with Crippen LogP contribution in [-0.4, -0.2) is 18.7 Å². The van der Waals surface area contributed by atoms with Crippen LogP contribution in [-0.2, 0) is 10.1 Å². The summed E-state index contributed by atoms with van der Waals surface area (Å²) in [6.45, 7) is 1.65. The second-order valence-corrected chi connectivity index (χ2v) is 2.79. The molecule has 0 bridgehead atoms. The van der Waals surface area contributed by atoms with Crippen molar-refractivity contribution in [1.82, 2.24) is 0 Å². The highest BCUT2D eigenvalue weighted by Crippen LogP contribution is 1.83. The summed E-state index contributed by atoms with van der Waals surface area (Å²) in [5.74, 6) is -0.243. The quantitative estimate of drug-likeness (QED) is 0.409. The van der Waals surface area contributed by atoms with Crippen LogP contribution in [0.2, 0.25) is 0 Å². The van der Waals surface area contributed by atoms with Gasteiger partial charge in [0.15, 0.2) is 0 Å². The first kappa shape index (κ1) is 10.7. The first-order chi connectivity index (χ1) is 3.06. The minimum absolute atomic E-state index is 0. The van der Waals surface area contributed by atoms with E-state index >= 15 is 0 Å². The molecule has 3 nitrogen and oxygen atoms in total. The lowest BCUT2D eigenvalue weighted by molar-refractivity contribution is 0.462. The van der Waals surface area contributed by atoms with Gasteiger partial charge < -0.3 is 4.55 Å². The summed E-state index contributed by atoms with van der Waals surface area (Å²) in [4.78, 5) is 0. The summed E-state index contributed by atoms with van der Waals surface area (Å²) in [5, 5.41) is 0. The van der Waals surface area contributed by atoms with Crippen LogP contribution in [0.4, 0.5) is 0 Å². The van der Waals surface area contributed by atoms with Crippen LogP contribution in [0.3, 0.4) is 0 Å². The van der Waals surface area contributed by atoms with Gasteiger partial charge in [-0.3, -0.25) is 0 Å². The fourth-order valence-electron chi connectivity index (χ4n) is 0.250. The van der Waals surface area contributed by atoms with Gasteiger partial charge in [-0.1, -0.05) is 6.92 Å². The zero-order chi connectivity index (χ0) is 5.91. The minimum Gasteiger partial charge on any atom is -0.748 e. The van der Waals surface area contributed by atoms with Crippen molar-refractivity contribution in [2.24, 2.45) is 0 Å². The molecule has 0 N–H and O–H groups in total. The summed E-state index contributed by atoms with van der Waals surface area (Å²) in [7, 11) is -3.92. The zero-order valence-corrected chi connectivity index (χ0v) is 5.86. The molecule has 0 aliphatic carbocycles. The molecule has 0 rings (SSSR count). The van der Waals surface area contributed by atoms with Gasteiger partial charge in [0.2, 0.25) is 0 Å². The predicted octanol–water partition coefficient (Wildman–Crippen LogP) is 0.392. The third-order valence-electron chi connectivity index (χ3n) is 0.454. The molecule has 0 spiro atoms. The topological polar surface area (TPSA) is 57.2 Å². The average Bonchev–Trinajstić information content (AvgIpc) is 1.30. The van der Waals surface area contributed by atoms with E-state index in [-0.39, 0.29) is 13.2 Å². The van der Waals surface area contributed by atoms with E-state index in [1.807, 2.05) is 0 Å². The van der Waals surface area contributed by atoms with E-state index in [2.05, 4.69) is 0 Å². The van der Waals surface area contributed by atoms with Crippen molar-refractivity contribution in [3.05, 3.63) is 7.43 Å². The largest absolute Gasteiger partial charge is 0.748 e. The fraction of sp³-hybridized carbons (Fsp3) is 0.750. The van der Waals surface area contributed by atoms with Crippen LogP contribution >= 0.6 is 0 Å². The lowest BCUT2D eigenvalue weighted by Crippen LogP contribution is -2.01. The maximum Gasteiger partial charge on any atom is 0.0945 e. The second-order valence-electron chi connectivity index (χ2n) is 1.26. The monoisotopic (exact) mass is 138 g/mol. The number of rotatable bonds is 2. The van der Waals surface area contributed by atoms with Gasteiger partial charge >= 0.3 is 0 Å². The Morgan fingerprint density at radius 3 is 1.88 bits per heavy atom. The lowest BCUT2D eigenvalue weighted by Gasteiger charge is -2.00. The van der Waals surface area contributed by atoms with Gasteiger partial charge in [0, 0.05) is 13.2 Å². The Bertz CT molecular complexity index is 124. The summed E-state index contributed by atoms with van der Waals surface area (Å²) in [5.41, 5.74) is 0. The molecule has 0 radical (unpaired) electrons. The Hall–Kier alpha value is -0.220. The standard InChI is InChI=1S/C3H8O3S.CH3/c1-2-3-7(4,5)6;/h2-3H2,1H3,(H,4,5,6);1H3/q;+1/p-1. The highest BCUT2D eigenvalue weighted by Gasteiger charge is 1.86. The molecule has 50 valence electrons. The van der Waals surface area contributed by atoms with Gasteiger partial charge in [-0.2, -0.15) is 0 Å². The van der Waals surface area contributed by atoms with Crippen LogP contribution in [0.5, 0.6) is 0 Å². The Kier molecular flexibility index (Phi) is 5.01. The molecule has 0 aliphatic rings. The van der Waals surface area contributed by atoms with Gasteiger partial charge in [0.1, 0.15) is 0 Å². The highest BCUT2D eigenvalue weighted by molar-refractivity contribution is 7.85. The van der Waals surface area contributed by atoms with Crippen molar-refractivity contribution in [3.8, 4) is 0 Å². The van der Waals surface area contributed by atoms with Gasteiger partial charge in [-0.05, 0) is 6.42 Å².